The Balaban J connectivity index is 1.60. The number of amides is 1. The van der Waals surface area contributed by atoms with Gasteiger partial charge in [0, 0.05) is 17.1 Å². The molecule has 0 radical (unpaired) electrons. The van der Waals surface area contributed by atoms with E-state index in [4.69, 9.17) is 0 Å². The summed E-state index contributed by atoms with van der Waals surface area (Å²) in [7, 11) is 0. The highest BCUT2D eigenvalue weighted by Crippen LogP contribution is 2.26. The number of carbonyl (C=O) groups is 1. The lowest BCUT2D eigenvalue weighted by Gasteiger charge is -2.20. The van der Waals surface area contributed by atoms with Gasteiger partial charge in [0.2, 0.25) is 11.1 Å². The van der Waals surface area contributed by atoms with Crippen LogP contribution in [0.1, 0.15) is 43.7 Å². The highest BCUT2D eigenvalue weighted by atomic mass is 32.2. The van der Waals surface area contributed by atoms with Crippen LogP contribution < -0.4 is 5.32 Å². The average molecular weight is 402 g/mol. The Morgan fingerprint density at radius 3 is 2.67 bits per heavy atom. The van der Waals surface area contributed by atoms with Crippen molar-refractivity contribution in [2.45, 2.75) is 43.9 Å². The molecule has 6 nitrogen and oxygen atoms in total. The van der Waals surface area contributed by atoms with Gasteiger partial charge in [-0.05, 0) is 48.2 Å². The number of aromatic nitrogens is 4. The Hall–Kier alpha value is -2.19. The molecule has 0 aliphatic heterocycles. The first kappa shape index (κ1) is 19.6. The first-order valence-electron chi connectivity index (χ1n) is 8.74. The molecule has 0 saturated heterocycles. The molecule has 2 aromatic heterocycles. The van der Waals surface area contributed by atoms with E-state index in [9.17, 15) is 4.79 Å². The first-order valence-corrected chi connectivity index (χ1v) is 10.6. The highest BCUT2D eigenvalue weighted by molar-refractivity contribution is 7.99. The van der Waals surface area contributed by atoms with Gasteiger partial charge in [-0.15, -0.1) is 16.4 Å². The normalized spacial score (nSPS) is 12.7. The van der Waals surface area contributed by atoms with Crippen LogP contribution >= 0.6 is 23.1 Å². The molecular formula is C19H23N5OS2. The standard InChI is InChI=1S/C19H23N5OS2/c1-19(2,3)24-18(21-22-23-24)27-13-11-16(25)20-17(15-10-7-12-26-15)14-8-5-4-6-9-14/h4-10,12,17H,11,13H2,1-3H3,(H,20,25). The molecular weight excluding hydrogens is 378 g/mol. The van der Waals surface area contributed by atoms with E-state index in [0.29, 0.717) is 12.2 Å². The Morgan fingerprint density at radius 1 is 1.22 bits per heavy atom. The second-order valence-electron chi connectivity index (χ2n) is 7.07. The Kier molecular flexibility index (Phi) is 6.28. The lowest BCUT2D eigenvalue weighted by molar-refractivity contribution is -0.121. The first-order chi connectivity index (χ1) is 12.9. The second kappa shape index (κ2) is 8.67. The van der Waals surface area contributed by atoms with E-state index in [0.717, 1.165) is 15.6 Å². The number of thioether (sulfide) groups is 1. The molecule has 3 aromatic rings. The number of carbonyl (C=O) groups excluding carboxylic acids is 1. The predicted octanol–water partition coefficient (Wildman–Crippen LogP) is 3.88. The van der Waals surface area contributed by atoms with E-state index in [2.05, 4.69) is 26.9 Å². The van der Waals surface area contributed by atoms with Gasteiger partial charge in [-0.2, -0.15) is 0 Å². The summed E-state index contributed by atoms with van der Waals surface area (Å²) in [5.74, 6) is 0.633. The van der Waals surface area contributed by atoms with Crippen LogP contribution in [0.2, 0.25) is 0 Å². The fraction of sp³-hybridized carbons (Fsp3) is 0.368. The van der Waals surface area contributed by atoms with Gasteiger partial charge in [-0.3, -0.25) is 4.79 Å². The quantitative estimate of drug-likeness (QED) is 0.608. The van der Waals surface area contributed by atoms with Crippen LogP contribution in [-0.2, 0) is 10.3 Å². The third-order valence-electron chi connectivity index (χ3n) is 3.90. The minimum Gasteiger partial charge on any atom is -0.344 e. The highest BCUT2D eigenvalue weighted by Gasteiger charge is 2.21. The fourth-order valence-corrected chi connectivity index (χ4v) is 4.38. The molecule has 1 atom stereocenters. The number of hydrogen-bond acceptors (Lipinski definition) is 6. The molecule has 8 heteroatoms. The van der Waals surface area contributed by atoms with Gasteiger partial charge in [0.05, 0.1) is 11.6 Å². The van der Waals surface area contributed by atoms with Crippen molar-refractivity contribution in [2.24, 2.45) is 0 Å². The maximum absolute atomic E-state index is 12.6. The van der Waals surface area contributed by atoms with Crippen LogP contribution in [0.25, 0.3) is 0 Å². The van der Waals surface area contributed by atoms with Crippen LogP contribution in [-0.4, -0.2) is 31.9 Å². The third-order valence-corrected chi connectivity index (χ3v) is 5.76. The predicted molar refractivity (Wildman–Crippen MR) is 109 cm³/mol. The lowest BCUT2D eigenvalue weighted by Crippen LogP contribution is -2.29. The Bertz CT molecular complexity index is 856. The molecule has 27 heavy (non-hydrogen) atoms. The molecule has 3 rings (SSSR count). The number of nitrogens with zero attached hydrogens (tertiary/aromatic N) is 4. The third kappa shape index (κ3) is 5.17. The van der Waals surface area contributed by atoms with Crippen molar-refractivity contribution in [3.05, 3.63) is 58.3 Å². The molecule has 1 amide bonds. The zero-order valence-corrected chi connectivity index (χ0v) is 17.3. The van der Waals surface area contributed by atoms with Crippen LogP contribution in [0, 0.1) is 0 Å². The summed E-state index contributed by atoms with van der Waals surface area (Å²) >= 11 is 3.14. The number of thiophene rings is 1. The molecule has 1 aromatic carbocycles. The summed E-state index contributed by atoms with van der Waals surface area (Å²) in [4.78, 5) is 13.7. The van der Waals surface area contributed by atoms with E-state index < -0.39 is 0 Å². The lowest BCUT2D eigenvalue weighted by atomic mass is 10.1. The number of tetrazole rings is 1. The molecule has 0 spiro atoms. The van der Waals surface area contributed by atoms with Crippen LogP contribution in [0.3, 0.4) is 0 Å². The number of nitrogens with one attached hydrogen (secondary N) is 1. The van der Waals surface area contributed by atoms with E-state index in [1.165, 1.54) is 11.8 Å². The smallest absolute Gasteiger partial charge is 0.221 e. The minimum absolute atomic E-state index is 0.0135. The maximum atomic E-state index is 12.6. The second-order valence-corrected chi connectivity index (χ2v) is 9.11. The summed E-state index contributed by atoms with van der Waals surface area (Å²) < 4.78 is 1.79. The number of hydrogen-bond donors (Lipinski definition) is 1. The van der Waals surface area contributed by atoms with E-state index in [1.54, 1.807) is 16.0 Å². The van der Waals surface area contributed by atoms with Crippen LogP contribution in [0.4, 0.5) is 0 Å². The van der Waals surface area contributed by atoms with Crippen molar-refractivity contribution in [3.8, 4) is 0 Å². The SMILES string of the molecule is CC(C)(C)n1nnnc1SCCC(=O)NC(c1ccccc1)c1cccs1. The monoisotopic (exact) mass is 401 g/mol. The van der Waals surface area contributed by atoms with Gasteiger partial charge >= 0.3 is 0 Å². The summed E-state index contributed by atoms with van der Waals surface area (Å²) in [6.07, 6.45) is 0.399. The largest absolute Gasteiger partial charge is 0.344 e. The van der Waals surface area contributed by atoms with Crippen molar-refractivity contribution in [1.29, 1.82) is 0 Å². The van der Waals surface area contributed by atoms with Gasteiger partial charge in [0.15, 0.2) is 0 Å². The van der Waals surface area contributed by atoms with Crippen molar-refractivity contribution >= 4 is 29.0 Å². The van der Waals surface area contributed by atoms with Crippen LogP contribution in [0.5, 0.6) is 0 Å². The Morgan fingerprint density at radius 2 is 2.00 bits per heavy atom. The summed E-state index contributed by atoms with van der Waals surface area (Å²) in [6, 6.07) is 14.0. The molecule has 1 N–H and O–H groups in total. The molecule has 0 bridgehead atoms. The topological polar surface area (TPSA) is 72.7 Å². The van der Waals surface area contributed by atoms with Gasteiger partial charge in [0.25, 0.3) is 0 Å². The average Bonchev–Trinajstić information content (AvgIpc) is 3.32. The molecule has 142 valence electrons. The minimum atomic E-state index is -0.189. The van der Waals surface area contributed by atoms with Gasteiger partial charge in [-0.1, -0.05) is 48.2 Å². The van der Waals surface area contributed by atoms with Crippen molar-refractivity contribution in [2.75, 3.05) is 5.75 Å². The molecule has 0 aliphatic rings. The van der Waals surface area contributed by atoms with Crippen molar-refractivity contribution < 1.29 is 4.79 Å². The zero-order chi connectivity index (χ0) is 19.3. The van der Waals surface area contributed by atoms with Gasteiger partial charge in [0.1, 0.15) is 0 Å². The van der Waals surface area contributed by atoms with Crippen molar-refractivity contribution in [1.82, 2.24) is 25.5 Å². The zero-order valence-electron chi connectivity index (χ0n) is 15.6. The molecule has 0 fully saturated rings. The van der Waals surface area contributed by atoms with E-state index in [-0.39, 0.29) is 17.5 Å². The fourth-order valence-electron chi connectivity index (χ4n) is 2.58. The number of benzene rings is 1. The maximum Gasteiger partial charge on any atom is 0.221 e. The summed E-state index contributed by atoms with van der Waals surface area (Å²) in [5.41, 5.74) is 0.892. The molecule has 0 saturated carbocycles. The Labute approximate surface area is 167 Å². The van der Waals surface area contributed by atoms with E-state index in [1.807, 2.05) is 62.5 Å². The van der Waals surface area contributed by atoms with E-state index >= 15 is 0 Å². The van der Waals surface area contributed by atoms with Crippen LogP contribution in [0.15, 0.2) is 53.0 Å². The van der Waals surface area contributed by atoms with Gasteiger partial charge < -0.3 is 5.32 Å². The number of rotatable bonds is 7. The molecule has 0 aliphatic carbocycles. The summed E-state index contributed by atoms with van der Waals surface area (Å²) in [6.45, 7) is 6.14. The van der Waals surface area contributed by atoms with Gasteiger partial charge in [-0.25, -0.2) is 4.68 Å². The molecule has 2 heterocycles. The molecule has 1 unspecified atom stereocenters. The van der Waals surface area contributed by atoms with Crippen molar-refractivity contribution in [3.63, 3.8) is 0 Å². The summed E-state index contributed by atoms with van der Waals surface area (Å²) in [5, 5.41) is 17.8.